The van der Waals surface area contributed by atoms with E-state index in [2.05, 4.69) is 27.4 Å². The average Bonchev–Trinajstić information content (AvgIpc) is 3.38. The van der Waals surface area contributed by atoms with Crippen molar-refractivity contribution in [2.45, 2.75) is 40.2 Å². The fraction of sp³-hybridized carbons (Fsp3) is 0.107. The number of hydrogen-bond acceptors (Lipinski definition) is 12. The predicted octanol–water partition coefficient (Wildman–Crippen LogP) is 11.0. The van der Waals surface area contributed by atoms with E-state index in [9.17, 15) is 19.8 Å². The van der Waals surface area contributed by atoms with Gasteiger partial charge in [0.25, 0.3) is 0 Å². The number of carbonyl (C=O) groups excluding carboxylic acids is 2. The third-order valence-corrected chi connectivity index (χ3v) is 10.6. The van der Waals surface area contributed by atoms with E-state index in [1.807, 2.05) is 158 Å². The molecule has 0 atom stereocenters. The summed E-state index contributed by atoms with van der Waals surface area (Å²) in [5, 5.41) is 41.4. The third kappa shape index (κ3) is 13.5. The molecule has 0 bridgehead atoms. The summed E-state index contributed by atoms with van der Waals surface area (Å²) in [6, 6.07) is 54.2. The van der Waals surface area contributed by atoms with Gasteiger partial charge in [-0.3, -0.25) is 14.8 Å². The van der Waals surface area contributed by atoms with Gasteiger partial charge in [-0.05, 0) is 95.8 Å². The van der Waals surface area contributed by atoms with Crippen LogP contribution in [0.5, 0.6) is 11.5 Å². The minimum absolute atomic E-state index is 0.0426. The van der Waals surface area contributed by atoms with Crippen LogP contribution in [-0.4, -0.2) is 32.4 Å². The van der Waals surface area contributed by atoms with Gasteiger partial charge in [-0.2, -0.15) is 10.5 Å². The molecule has 2 heterocycles. The molecule has 12 heteroatoms. The highest BCUT2D eigenvalue weighted by Crippen LogP contribution is 2.28. The Morgan fingerprint density at radius 2 is 1.10 bits per heavy atom. The van der Waals surface area contributed by atoms with Gasteiger partial charge in [0.15, 0.2) is 6.29 Å². The molecule has 68 heavy (non-hydrogen) atoms. The number of nitriles is 2. The van der Waals surface area contributed by atoms with Crippen molar-refractivity contribution >= 4 is 23.6 Å². The number of benzene rings is 6. The molecule has 8 rings (SSSR count). The molecular weight excluding hydrogens is 853 g/mol. The van der Waals surface area contributed by atoms with Crippen LogP contribution in [0, 0.1) is 36.5 Å². The maximum absolute atomic E-state index is 11.9. The van der Waals surface area contributed by atoms with Gasteiger partial charge in [-0.15, -0.1) is 0 Å². The number of hydrogen-bond donors (Lipinski definition) is 4. The molecule has 0 amide bonds. The van der Waals surface area contributed by atoms with Crippen LogP contribution in [0.4, 0.5) is 11.4 Å². The Morgan fingerprint density at radius 3 is 1.62 bits per heavy atom. The van der Waals surface area contributed by atoms with Gasteiger partial charge in [-0.1, -0.05) is 109 Å². The van der Waals surface area contributed by atoms with E-state index in [4.69, 9.17) is 25.7 Å². The van der Waals surface area contributed by atoms with Gasteiger partial charge in [0.2, 0.25) is 0 Å². The molecule has 0 unspecified atom stereocenters. The minimum Gasteiger partial charge on any atom is -0.506 e. The number of pyridine rings is 2. The summed E-state index contributed by atoms with van der Waals surface area (Å²) in [5.41, 5.74) is 17.3. The number of aromatic hydroxyl groups is 2. The molecule has 338 valence electrons. The van der Waals surface area contributed by atoms with Crippen LogP contribution in [0.1, 0.15) is 65.5 Å². The third-order valence-electron chi connectivity index (χ3n) is 10.6. The Labute approximate surface area is 395 Å². The number of nitrogen functional groups attached to an aromatic ring is 1. The second-order valence-electron chi connectivity index (χ2n) is 15.3. The van der Waals surface area contributed by atoms with Gasteiger partial charge >= 0.3 is 5.97 Å². The van der Waals surface area contributed by atoms with Crippen LogP contribution in [0.2, 0.25) is 0 Å². The van der Waals surface area contributed by atoms with Crippen LogP contribution in [0.15, 0.2) is 170 Å². The Hall–Kier alpha value is -9.10. The quantitative estimate of drug-likeness (QED) is 0.0485. The summed E-state index contributed by atoms with van der Waals surface area (Å²) in [6.45, 7) is 4.74. The summed E-state index contributed by atoms with van der Waals surface area (Å²) >= 11 is 0. The van der Waals surface area contributed by atoms with E-state index in [1.54, 1.807) is 20.0 Å². The summed E-state index contributed by atoms with van der Waals surface area (Å²) in [7, 11) is 0. The topological polar surface area (TPSA) is 204 Å². The smallest absolute Gasteiger partial charge is 0.340 e. The number of aryl methyl sites for hydroxylation is 2. The Morgan fingerprint density at radius 1 is 0.632 bits per heavy atom. The zero-order valence-corrected chi connectivity index (χ0v) is 37.5. The van der Waals surface area contributed by atoms with Crippen LogP contribution in [-0.2, 0) is 35.8 Å². The predicted molar refractivity (Wildman–Crippen MR) is 262 cm³/mol. The summed E-state index contributed by atoms with van der Waals surface area (Å²) in [5.74, 6) is -0.801. The molecular formula is C56H48N6O6. The molecule has 0 aliphatic carbocycles. The van der Waals surface area contributed by atoms with Gasteiger partial charge in [0.05, 0.1) is 59.0 Å². The van der Waals surface area contributed by atoms with E-state index in [0.717, 1.165) is 55.9 Å². The normalized spacial score (nSPS) is 10.2. The molecule has 5 N–H and O–H groups in total. The number of anilines is 2. The zero-order valence-electron chi connectivity index (χ0n) is 37.5. The van der Waals surface area contributed by atoms with Gasteiger partial charge in [0.1, 0.15) is 18.1 Å². The van der Waals surface area contributed by atoms with Crippen LogP contribution < -0.4 is 11.1 Å². The van der Waals surface area contributed by atoms with Crippen LogP contribution in [0.3, 0.4) is 0 Å². The molecule has 8 aromatic rings. The monoisotopic (exact) mass is 900 g/mol. The number of nitrogens with zero attached hydrogens (tertiary/aromatic N) is 4. The van der Waals surface area contributed by atoms with Crippen LogP contribution >= 0.6 is 0 Å². The van der Waals surface area contributed by atoms with E-state index in [-0.39, 0.29) is 34.9 Å². The fourth-order valence-electron chi connectivity index (χ4n) is 6.68. The van der Waals surface area contributed by atoms with Crippen molar-refractivity contribution in [3.05, 3.63) is 226 Å². The van der Waals surface area contributed by atoms with E-state index in [0.29, 0.717) is 42.9 Å². The molecule has 0 saturated carbocycles. The number of carbonyl (C=O) groups is 2. The lowest BCUT2D eigenvalue weighted by molar-refractivity contribution is 0.0469. The van der Waals surface area contributed by atoms with Crippen molar-refractivity contribution in [2.75, 3.05) is 11.1 Å². The largest absolute Gasteiger partial charge is 0.506 e. The molecule has 0 aliphatic heterocycles. The first kappa shape index (κ1) is 48.4. The highest BCUT2D eigenvalue weighted by Gasteiger charge is 2.19. The van der Waals surface area contributed by atoms with E-state index in [1.165, 1.54) is 6.20 Å². The Balaban J connectivity index is 0.000000184. The number of nitrogens with one attached hydrogen (secondary N) is 1. The minimum atomic E-state index is -0.696. The maximum Gasteiger partial charge on any atom is 0.340 e. The van der Waals surface area contributed by atoms with Crippen molar-refractivity contribution in [2.24, 2.45) is 0 Å². The number of rotatable bonds is 13. The molecule has 0 saturated heterocycles. The Kier molecular flexibility index (Phi) is 17.3. The van der Waals surface area contributed by atoms with E-state index < -0.39 is 5.97 Å². The van der Waals surface area contributed by atoms with Gasteiger partial charge in [-0.25, -0.2) is 4.79 Å². The van der Waals surface area contributed by atoms with Crippen molar-refractivity contribution in [1.82, 2.24) is 9.97 Å². The highest BCUT2D eigenvalue weighted by atomic mass is 16.5. The second-order valence-corrected chi connectivity index (χ2v) is 15.3. The highest BCUT2D eigenvalue weighted by molar-refractivity contribution is 5.99. The summed E-state index contributed by atoms with van der Waals surface area (Å²) < 4.78 is 11.0. The summed E-state index contributed by atoms with van der Waals surface area (Å²) in [4.78, 5) is 31.1. The van der Waals surface area contributed by atoms with Crippen molar-refractivity contribution in [1.29, 1.82) is 10.5 Å². The standard InChI is InChI=1S/C28H25N3O2.C15H13NO4.C13H10N2/c1-20-28(32)27(25(16-30-20)19-33-18-22-5-3-2-4-6-22)17-31-26-13-11-24(12-14-26)23-9-7-21(15-29)8-10-23;1-10-14(18)13(8-17)12(7-16-10)15(19)20-9-11-5-3-2-4-6-11;14-9-10-1-3-11(4-2-10)12-5-7-13(15)8-6-12/h2-14,16,31-32H,17-19H2,1H3;2-8,18H,9H2,1H3;1-8H,15H2. The Bertz CT molecular complexity index is 3010. The molecule has 0 aliphatic rings. The van der Waals surface area contributed by atoms with Crippen LogP contribution in [0.25, 0.3) is 22.3 Å². The molecule has 0 spiro atoms. The molecule has 12 nitrogen and oxygen atoms in total. The first-order valence-corrected chi connectivity index (χ1v) is 21.4. The summed E-state index contributed by atoms with van der Waals surface area (Å²) in [6.07, 6.45) is 3.42. The number of nitrogens with two attached hydrogens (primary N) is 1. The van der Waals surface area contributed by atoms with Crippen molar-refractivity contribution in [3.8, 4) is 45.9 Å². The number of ether oxygens (including phenoxy) is 2. The molecule has 6 aromatic carbocycles. The number of aldehydes is 1. The fourth-order valence-corrected chi connectivity index (χ4v) is 6.68. The lowest BCUT2D eigenvalue weighted by atomic mass is 10.0. The van der Waals surface area contributed by atoms with Gasteiger partial charge < -0.3 is 30.7 Å². The van der Waals surface area contributed by atoms with E-state index >= 15 is 0 Å². The molecule has 0 radical (unpaired) electrons. The second kappa shape index (κ2) is 24.3. The van der Waals surface area contributed by atoms with Gasteiger partial charge in [0, 0.05) is 41.4 Å². The zero-order chi connectivity index (χ0) is 48.3. The number of aromatic nitrogens is 2. The first-order valence-electron chi connectivity index (χ1n) is 21.4. The number of esters is 1. The average molecular weight is 901 g/mol. The SMILES string of the molecule is Cc1ncc(C(=O)OCc2ccccc2)c(C=O)c1O.Cc1ncc(COCc2ccccc2)c(CNc2ccc(-c3ccc(C#N)cc3)cc2)c1O.N#Cc1ccc(-c2ccc(N)cc2)cc1. The lowest BCUT2D eigenvalue weighted by Crippen LogP contribution is -2.09. The van der Waals surface area contributed by atoms with Crippen molar-refractivity contribution in [3.63, 3.8) is 0 Å². The van der Waals surface area contributed by atoms with Crippen molar-refractivity contribution < 1.29 is 29.3 Å². The molecule has 2 aromatic heterocycles. The maximum atomic E-state index is 11.9. The lowest BCUT2D eigenvalue weighted by Gasteiger charge is -2.15. The first-order chi connectivity index (χ1) is 33.1. The molecule has 0 fully saturated rings.